The van der Waals surface area contributed by atoms with Gasteiger partial charge in [-0.25, -0.2) is 4.98 Å². The monoisotopic (exact) mass is 330 g/mol. The fourth-order valence-electron chi connectivity index (χ4n) is 2.86. The van der Waals surface area contributed by atoms with E-state index >= 15 is 0 Å². The fraction of sp³-hybridized carbons (Fsp3) is 0.529. The molecule has 1 saturated heterocycles. The molecule has 0 aromatic carbocycles. The highest BCUT2D eigenvalue weighted by Gasteiger charge is 2.27. The quantitative estimate of drug-likeness (QED) is 0.797. The minimum Gasteiger partial charge on any atom is -0.469 e. The van der Waals surface area contributed by atoms with E-state index in [-0.39, 0.29) is 17.8 Å². The Morgan fingerprint density at radius 3 is 3.00 bits per heavy atom. The first-order valence-corrected chi connectivity index (χ1v) is 8.21. The number of carbonyl (C=O) groups is 1. The van der Waals surface area contributed by atoms with Gasteiger partial charge in [0.1, 0.15) is 5.82 Å². The summed E-state index contributed by atoms with van der Waals surface area (Å²) in [5, 5.41) is 4.00. The van der Waals surface area contributed by atoms with Crippen molar-refractivity contribution in [2.24, 2.45) is 5.92 Å². The molecule has 0 saturated carbocycles. The fourth-order valence-corrected chi connectivity index (χ4v) is 2.86. The molecule has 0 unspecified atom stereocenters. The van der Waals surface area contributed by atoms with Crippen molar-refractivity contribution in [3.8, 4) is 11.5 Å². The van der Waals surface area contributed by atoms with Crippen LogP contribution >= 0.6 is 0 Å². The molecule has 0 bridgehead atoms. The molecule has 0 N–H and O–H groups in total. The number of aromatic nitrogens is 3. The zero-order valence-electron chi connectivity index (χ0n) is 14.2. The summed E-state index contributed by atoms with van der Waals surface area (Å²) in [7, 11) is 1.43. The molecule has 1 aliphatic heterocycles. The van der Waals surface area contributed by atoms with Crippen molar-refractivity contribution in [1.29, 1.82) is 0 Å². The number of methoxy groups -OCH3 is 1. The van der Waals surface area contributed by atoms with Crippen molar-refractivity contribution in [2.75, 3.05) is 25.1 Å². The number of pyridine rings is 1. The van der Waals surface area contributed by atoms with Gasteiger partial charge in [0.15, 0.2) is 5.82 Å². The average molecular weight is 330 g/mol. The van der Waals surface area contributed by atoms with Crippen LogP contribution < -0.4 is 4.90 Å². The Morgan fingerprint density at radius 1 is 1.46 bits per heavy atom. The summed E-state index contributed by atoms with van der Waals surface area (Å²) in [6, 6.07) is 3.78. The molecular weight excluding hydrogens is 308 g/mol. The highest BCUT2D eigenvalue weighted by atomic mass is 16.5. The number of ether oxygens (including phenoxy) is 1. The lowest BCUT2D eigenvalue weighted by molar-refractivity contribution is -0.145. The molecule has 0 aliphatic carbocycles. The molecule has 128 valence electrons. The second-order valence-corrected chi connectivity index (χ2v) is 6.32. The van der Waals surface area contributed by atoms with E-state index < -0.39 is 0 Å². The molecule has 3 rings (SSSR count). The van der Waals surface area contributed by atoms with Crippen LogP contribution in [0.5, 0.6) is 0 Å². The smallest absolute Gasteiger partial charge is 0.310 e. The molecule has 24 heavy (non-hydrogen) atoms. The maximum atomic E-state index is 11.8. The molecule has 1 aliphatic rings. The first-order chi connectivity index (χ1) is 11.6. The van der Waals surface area contributed by atoms with Crippen LogP contribution in [0, 0.1) is 5.92 Å². The van der Waals surface area contributed by atoms with Crippen LogP contribution in [0.15, 0.2) is 22.9 Å². The molecule has 0 spiro atoms. The number of carbonyl (C=O) groups excluding carboxylic acids is 1. The van der Waals surface area contributed by atoms with Crippen LogP contribution in [0.4, 0.5) is 5.82 Å². The van der Waals surface area contributed by atoms with Crippen LogP contribution in [0.25, 0.3) is 11.5 Å². The molecule has 2 aromatic rings. The first-order valence-electron chi connectivity index (χ1n) is 8.21. The number of piperidine rings is 1. The number of hydrogen-bond donors (Lipinski definition) is 0. The van der Waals surface area contributed by atoms with Gasteiger partial charge in [-0.2, -0.15) is 4.98 Å². The van der Waals surface area contributed by atoms with Crippen LogP contribution in [-0.2, 0) is 9.53 Å². The lowest BCUT2D eigenvalue weighted by Gasteiger charge is -2.32. The highest BCUT2D eigenvalue weighted by molar-refractivity contribution is 5.73. The van der Waals surface area contributed by atoms with Crippen LogP contribution in [0.1, 0.15) is 38.4 Å². The molecule has 2 aromatic heterocycles. The first kappa shape index (κ1) is 16.4. The zero-order valence-corrected chi connectivity index (χ0v) is 14.2. The molecule has 3 heterocycles. The predicted octanol–water partition coefficient (Wildman–Crippen LogP) is 2.64. The molecule has 1 atom stereocenters. The van der Waals surface area contributed by atoms with E-state index in [4.69, 9.17) is 9.26 Å². The van der Waals surface area contributed by atoms with Crippen molar-refractivity contribution in [3.63, 3.8) is 0 Å². The van der Waals surface area contributed by atoms with Gasteiger partial charge in [0.05, 0.1) is 13.0 Å². The highest BCUT2D eigenvalue weighted by Crippen LogP contribution is 2.26. The second kappa shape index (κ2) is 6.98. The molecule has 0 amide bonds. The van der Waals surface area contributed by atoms with Gasteiger partial charge in [0, 0.05) is 30.8 Å². The lowest BCUT2D eigenvalue weighted by atomic mass is 9.98. The number of hydrogen-bond acceptors (Lipinski definition) is 7. The standard InChI is InChI=1S/C17H22N4O3/c1-11(2)15-19-16(24-20-15)12-6-7-18-14(9-12)21-8-4-5-13(10-21)17(22)23-3/h6-7,9,11,13H,4-5,8,10H2,1-3H3/t13-/m1/s1. The van der Waals surface area contributed by atoms with E-state index in [0.29, 0.717) is 18.3 Å². The van der Waals surface area contributed by atoms with Crippen LogP contribution in [-0.4, -0.2) is 41.3 Å². The largest absolute Gasteiger partial charge is 0.469 e. The van der Waals surface area contributed by atoms with Gasteiger partial charge in [-0.15, -0.1) is 0 Å². The number of nitrogens with zero attached hydrogens (tertiary/aromatic N) is 4. The maximum Gasteiger partial charge on any atom is 0.310 e. The van der Waals surface area contributed by atoms with E-state index in [2.05, 4.69) is 20.0 Å². The van der Waals surface area contributed by atoms with Gasteiger partial charge in [-0.1, -0.05) is 19.0 Å². The van der Waals surface area contributed by atoms with Gasteiger partial charge in [-0.05, 0) is 25.0 Å². The molecule has 0 radical (unpaired) electrons. The minimum atomic E-state index is -0.158. The van der Waals surface area contributed by atoms with E-state index in [1.165, 1.54) is 7.11 Å². The van der Waals surface area contributed by atoms with E-state index in [1.54, 1.807) is 6.20 Å². The third-order valence-corrected chi connectivity index (χ3v) is 4.23. The van der Waals surface area contributed by atoms with Gasteiger partial charge >= 0.3 is 5.97 Å². The Morgan fingerprint density at radius 2 is 2.29 bits per heavy atom. The number of rotatable bonds is 4. The summed E-state index contributed by atoms with van der Waals surface area (Å²) in [6.07, 6.45) is 3.51. The molecule has 7 nitrogen and oxygen atoms in total. The SMILES string of the molecule is COC(=O)[C@@H]1CCCN(c2cc(-c3nc(C(C)C)no3)ccn2)C1. The van der Waals surface area contributed by atoms with Gasteiger partial charge in [-0.3, -0.25) is 4.79 Å². The Labute approximate surface area is 141 Å². The van der Waals surface area contributed by atoms with Crippen molar-refractivity contribution in [1.82, 2.24) is 15.1 Å². The molecule has 7 heteroatoms. The topological polar surface area (TPSA) is 81.4 Å². The Balaban J connectivity index is 1.80. The Bertz CT molecular complexity index is 713. The van der Waals surface area contributed by atoms with Crippen LogP contribution in [0.2, 0.25) is 0 Å². The van der Waals surface area contributed by atoms with Crippen molar-refractivity contribution in [2.45, 2.75) is 32.6 Å². The maximum absolute atomic E-state index is 11.8. The summed E-state index contributed by atoms with van der Waals surface area (Å²) in [5.74, 6) is 1.94. The Kier molecular flexibility index (Phi) is 4.78. The van der Waals surface area contributed by atoms with Crippen molar-refractivity contribution < 1.29 is 14.1 Å². The second-order valence-electron chi connectivity index (χ2n) is 6.32. The summed E-state index contributed by atoms with van der Waals surface area (Å²) >= 11 is 0. The summed E-state index contributed by atoms with van der Waals surface area (Å²) in [4.78, 5) is 22.8. The van der Waals surface area contributed by atoms with Gasteiger partial charge in [0.25, 0.3) is 5.89 Å². The third-order valence-electron chi connectivity index (χ3n) is 4.23. The predicted molar refractivity (Wildman–Crippen MR) is 88.6 cm³/mol. The van der Waals surface area contributed by atoms with E-state index in [9.17, 15) is 4.79 Å². The van der Waals surface area contributed by atoms with Crippen molar-refractivity contribution >= 4 is 11.8 Å². The normalized spacial score (nSPS) is 18.0. The van der Waals surface area contributed by atoms with E-state index in [0.717, 1.165) is 30.8 Å². The van der Waals surface area contributed by atoms with Crippen LogP contribution in [0.3, 0.4) is 0 Å². The van der Waals surface area contributed by atoms with E-state index in [1.807, 2.05) is 26.0 Å². The average Bonchev–Trinajstić information content (AvgIpc) is 3.12. The zero-order chi connectivity index (χ0) is 17.1. The van der Waals surface area contributed by atoms with Gasteiger partial charge in [0.2, 0.25) is 0 Å². The Hall–Kier alpha value is -2.44. The summed E-state index contributed by atoms with van der Waals surface area (Å²) in [6.45, 7) is 5.52. The number of anilines is 1. The summed E-state index contributed by atoms with van der Waals surface area (Å²) < 4.78 is 10.2. The molecular formula is C17H22N4O3. The molecule has 1 fully saturated rings. The van der Waals surface area contributed by atoms with Gasteiger partial charge < -0.3 is 14.2 Å². The lowest BCUT2D eigenvalue weighted by Crippen LogP contribution is -2.39. The van der Waals surface area contributed by atoms with Crippen molar-refractivity contribution in [3.05, 3.63) is 24.2 Å². The third kappa shape index (κ3) is 3.39. The summed E-state index contributed by atoms with van der Waals surface area (Å²) in [5.41, 5.74) is 0.833. The minimum absolute atomic E-state index is 0.106. The number of esters is 1.